The zero-order valence-electron chi connectivity index (χ0n) is 20.5. The van der Waals surface area contributed by atoms with Crippen molar-refractivity contribution in [1.82, 2.24) is 20.0 Å². The lowest BCUT2D eigenvalue weighted by atomic mass is 9.91. The largest absolute Gasteiger partial charge is 0.463 e. The zero-order valence-corrected chi connectivity index (χ0v) is 21.3. The molecule has 186 valence electrons. The van der Waals surface area contributed by atoms with Gasteiger partial charge in [0.2, 0.25) is 0 Å². The summed E-state index contributed by atoms with van der Waals surface area (Å²) < 4.78 is 5.47. The smallest absolute Gasteiger partial charge is 0.338 e. The minimum absolute atomic E-state index is 0.0536. The number of amides is 3. The third-order valence-electron chi connectivity index (χ3n) is 6.51. The minimum atomic E-state index is -0.581. The molecular formula is C26H32N4O4S. The van der Waals surface area contributed by atoms with Crippen LogP contribution < -0.4 is 5.32 Å². The molecular weight excluding hydrogens is 464 g/mol. The van der Waals surface area contributed by atoms with Crippen molar-refractivity contribution >= 4 is 29.2 Å². The van der Waals surface area contributed by atoms with Gasteiger partial charge in [-0.15, -0.1) is 11.3 Å². The van der Waals surface area contributed by atoms with Crippen molar-refractivity contribution in [2.45, 2.75) is 26.8 Å². The number of hydrogen-bond acceptors (Lipinski definition) is 6. The molecule has 2 aromatic rings. The second-order valence-corrected chi connectivity index (χ2v) is 9.56. The Morgan fingerprint density at radius 1 is 1.09 bits per heavy atom. The molecule has 0 bridgehead atoms. The summed E-state index contributed by atoms with van der Waals surface area (Å²) in [6.45, 7) is 9.27. The Kier molecular flexibility index (Phi) is 7.87. The maximum absolute atomic E-state index is 13.3. The number of urea groups is 1. The molecule has 2 aliphatic heterocycles. The van der Waals surface area contributed by atoms with E-state index in [1.165, 1.54) is 11.3 Å². The molecule has 2 aliphatic rings. The second kappa shape index (κ2) is 11.0. The fourth-order valence-corrected chi connectivity index (χ4v) is 5.37. The standard InChI is InChI=1S/C26H32N4O4S/c1-4-30-20(17-28-12-14-29(15-13-28)24(31)21-11-8-16-35-21)22(25(32)34-5-2)23(27-26(30)33)19-10-7-6-9-18(19)3/h6-11,16,23H,4-5,12-15,17H2,1-3H3,(H,27,33). The fourth-order valence-electron chi connectivity index (χ4n) is 4.68. The van der Waals surface area contributed by atoms with Crippen LogP contribution in [0.25, 0.3) is 0 Å². The summed E-state index contributed by atoms with van der Waals surface area (Å²) in [6.07, 6.45) is 0. The van der Waals surface area contributed by atoms with E-state index >= 15 is 0 Å². The first kappa shape index (κ1) is 24.9. The summed E-state index contributed by atoms with van der Waals surface area (Å²) >= 11 is 1.45. The van der Waals surface area contributed by atoms with Crippen LogP contribution in [0.5, 0.6) is 0 Å². The average molecular weight is 497 g/mol. The summed E-state index contributed by atoms with van der Waals surface area (Å²) in [5.74, 6) is -0.362. The minimum Gasteiger partial charge on any atom is -0.463 e. The van der Waals surface area contributed by atoms with Crippen molar-refractivity contribution < 1.29 is 19.1 Å². The van der Waals surface area contributed by atoms with Crippen molar-refractivity contribution in [3.8, 4) is 0 Å². The highest BCUT2D eigenvalue weighted by atomic mass is 32.1. The Morgan fingerprint density at radius 2 is 1.83 bits per heavy atom. The molecule has 9 heteroatoms. The number of carbonyl (C=O) groups excluding carboxylic acids is 3. The molecule has 1 aromatic carbocycles. The van der Waals surface area contributed by atoms with Gasteiger partial charge in [0.1, 0.15) is 0 Å². The van der Waals surface area contributed by atoms with Gasteiger partial charge in [-0.2, -0.15) is 0 Å². The number of thiophene rings is 1. The highest BCUT2D eigenvalue weighted by molar-refractivity contribution is 7.12. The lowest BCUT2D eigenvalue weighted by molar-refractivity contribution is -0.139. The van der Waals surface area contributed by atoms with Crippen LogP contribution in [0.15, 0.2) is 53.0 Å². The van der Waals surface area contributed by atoms with Gasteiger partial charge < -0.3 is 15.0 Å². The van der Waals surface area contributed by atoms with Gasteiger partial charge >= 0.3 is 12.0 Å². The topological polar surface area (TPSA) is 82.2 Å². The van der Waals surface area contributed by atoms with E-state index in [4.69, 9.17) is 4.74 Å². The second-order valence-electron chi connectivity index (χ2n) is 8.61. The molecule has 1 atom stereocenters. The van der Waals surface area contributed by atoms with Gasteiger partial charge in [-0.25, -0.2) is 9.59 Å². The SMILES string of the molecule is CCOC(=O)C1=C(CN2CCN(C(=O)c3cccs3)CC2)N(CC)C(=O)NC1c1ccccc1C. The highest BCUT2D eigenvalue weighted by Gasteiger charge is 2.39. The van der Waals surface area contributed by atoms with E-state index < -0.39 is 12.0 Å². The van der Waals surface area contributed by atoms with Gasteiger partial charge in [-0.3, -0.25) is 14.6 Å². The van der Waals surface area contributed by atoms with Gasteiger partial charge in [0, 0.05) is 45.0 Å². The third kappa shape index (κ3) is 5.26. The van der Waals surface area contributed by atoms with Gasteiger partial charge in [0.15, 0.2) is 0 Å². The zero-order chi connectivity index (χ0) is 24.9. The number of esters is 1. The summed E-state index contributed by atoms with van der Waals surface area (Å²) in [5, 5.41) is 4.93. The molecule has 1 unspecified atom stereocenters. The first-order chi connectivity index (χ1) is 16.9. The van der Waals surface area contributed by atoms with E-state index in [-0.39, 0.29) is 18.5 Å². The molecule has 0 spiro atoms. The Hall–Kier alpha value is -3.17. The Balaban J connectivity index is 1.62. The summed E-state index contributed by atoms with van der Waals surface area (Å²) in [4.78, 5) is 45.6. The predicted molar refractivity (Wildman–Crippen MR) is 135 cm³/mol. The number of hydrogen-bond donors (Lipinski definition) is 1. The molecule has 0 saturated carbocycles. The van der Waals surface area contributed by atoms with Crippen LogP contribution in [-0.4, -0.2) is 78.5 Å². The van der Waals surface area contributed by atoms with E-state index in [1.54, 1.807) is 11.8 Å². The summed E-state index contributed by atoms with van der Waals surface area (Å²) in [5.41, 5.74) is 3.01. The molecule has 0 aliphatic carbocycles. The molecule has 1 aromatic heterocycles. The first-order valence-electron chi connectivity index (χ1n) is 12.0. The number of piperazine rings is 1. The first-order valence-corrected chi connectivity index (χ1v) is 12.9. The molecule has 1 N–H and O–H groups in total. The van der Waals surface area contributed by atoms with E-state index in [9.17, 15) is 14.4 Å². The van der Waals surface area contributed by atoms with E-state index in [0.717, 1.165) is 16.0 Å². The fraction of sp³-hybridized carbons (Fsp3) is 0.423. The van der Waals surface area contributed by atoms with Gasteiger partial charge in [-0.1, -0.05) is 30.3 Å². The number of ether oxygens (including phenoxy) is 1. The van der Waals surface area contributed by atoms with Gasteiger partial charge in [0.25, 0.3) is 5.91 Å². The lowest BCUT2D eigenvalue weighted by Crippen LogP contribution is -2.53. The monoisotopic (exact) mass is 496 g/mol. The number of aryl methyl sites for hydroxylation is 1. The van der Waals surface area contributed by atoms with Crippen LogP contribution >= 0.6 is 11.3 Å². The molecule has 3 heterocycles. The van der Waals surface area contributed by atoms with Gasteiger partial charge in [-0.05, 0) is 43.3 Å². The molecule has 1 fully saturated rings. The number of likely N-dealkylation sites (N-methyl/N-ethyl adjacent to an activating group) is 1. The van der Waals surface area contributed by atoms with Crippen molar-refractivity contribution in [1.29, 1.82) is 0 Å². The van der Waals surface area contributed by atoms with Gasteiger partial charge in [0.05, 0.1) is 23.1 Å². The van der Waals surface area contributed by atoms with Crippen LogP contribution in [0.2, 0.25) is 0 Å². The quantitative estimate of drug-likeness (QED) is 0.594. The van der Waals surface area contributed by atoms with Crippen molar-refractivity contribution in [2.24, 2.45) is 0 Å². The van der Waals surface area contributed by atoms with Crippen molar-refractivity contribution in [3.05, 3.63) is 69.1 Å². The molecule has 35 heavy (non-hydrogen) atoms. The highest BCUT2D eigenvalue weighted by Crippen LogP contribution is 2.33. The number of benzene rings is 1. The van der Waals surface area contributed by atoms with Crippen LogP contribution in [0.1, 0.15) is 40.7 Å². The number of nitrogens with one attached hydrogen (secondary N) is 1. The molecule has 0 radical (unpaired) electrons. The average Bonchev–Trinajstić information content (AvgIpc) is 3.39. The number of nitrogens with zero attached hydrogens (tertiary/aromatic N) is 3. The predicted octanol–water partition coefficient (Wildman–Crippen LogP) is 3.42. The van der Waals surface area contributed by atoms with Crippen LogP contribution in [0, 0.1) is 6.92 Å². The van der Waals surface area contributed by atoms with Crippen LogP contribution in [0.3, 0.4) is 0 Å². The van der Waals surface area contributed by atoms with Crippen molar-refractivity contribution in [2.75, 3.05) is 45.9 Å². The molecule has 3 amide bonds. The van der Waals surface area contributed by atoms with E-state index in [0.29, 0.717) is 50.5 Å². The summed E-state index contributed by atoms with van der Waals surface area (Å²) in [7, 11) is 0. The third-order valence-corrected chi connectivity index (χ3v) is 7.37. The van der Waals surface area contributed by atoms with E-state index in [2.05, 4.69) is 10.2 Å². The maximum atomic E-state index is 13.3. The summed E-state index contributed by atoms with van der Waals surface area (Å²) in [6, 6.07) is 10.7. The number of rotatable bonds is 7. The Morgan fingerprint density at radius 3 is 2.46 bits per heavy atom. The Bertz CT molecular complexity index is 1110. The van der Waals surface area contributed by atoms with Crippen molar-refractivity contribution in [3.63, 3.8) is 0 Å². The maximum Gasteiger partial charge on any atom is 0.338 e. The lowest BCUT2D eigenvalue weighted by Gasteiger charge is -2.40. The Labute approximate surface area is 210 Å². The molecule has 1 saturated heterocycles. The van der Waals surface area contributed by atoms with Crippen LogP contribution in [0.4, 0.5) is 4.79 Å². The van der Waals surface area contributed by atoms with E-state index in [1.807, 2.05) is 60.5 Å². The molecule has 8 nitrogen and oxygen atoms in total. The number of carbonyl (C=O) groups is 3. The normalized spacial score (nSPS) is 19.1. The van der Waals surface area contributed by atoms with Crippen LogP contribution in [-0.2, 0) is 9.53 Å². The molecule has 4 rings (SSSR count).